The molecule has 10 heteroatoms. The van der Waals surface area contributed by atoms with E-state index in [0.29, 0.717) is 22.6 Å². The van der Waals surface area contributed by atoms with E-state index in [2.05, 4.69) is 32.1 Å². The SMILES string of the molecule is CC1CN(c2cnc3c(=O)c(C(=O)O)cn(-c4nccs4)c3n2)CCN1. The lowest BCUT2D eigenvalue weighted by atomic mass is 10.2. The number of aromatic nitrogens is 4. The summed E-state index contributed by atoms with van der Waals surface area (Å²) in [7, 11) is 0. The summed E-state index contributed by atoms with van der Waals surface area (Å²) < 4.78 is 1.52. The number of nitrogens with zero attached hydrogens (tertiary/aromatic N) is 5. The standard InChI is InChI=1S/C16H16N6O3S/c1-9-7-21(4-2-17-9)11-6-19-12-13(23)10(15(24)25)8-22(14(12)20-11)16-18-3-5-26-16/h3,5-6,8-9,17H,2,4,7H2,1H3,(H,24,25). The van der Waals surface area contributed by atoms with Crippen LogP contribution in [-0.2, 0) is 0 Å². The number of fused-ring (bicyclic) bond motifs is 1. The highest BCUT2D eigenvalue weighted by molar-refractivity contribution is 7.12. The summed E-state index contributed by atoms with van der Waals surface area (Å²) in [6.45, 7) is 4.47. The van der Waals surface area contributed by atoms with Gasteiger partial charge in [-0.2, -0.15) is 0 Å². The van der Waals surface area contributed by atoms with Crippen molar-refractivity contribution < 1.29 is 9.90 Å². The van der Waals surface area contributed by atoms with Gasteiger partial charge in [0, 0.05) is 43.4 Å². The molecular weight excluding hydrogens is 356 g/mol. The van der Waals surface area contributed by atoms with Crippen LogP contribution in [0.3, 0.4) is 0 Å². The number of thiazole rings is 1. The molecule has 0 amide bonds. The first-order chi connectivity index (χ1) is 12.5. The average Bonchev–Trinajstić information content (AvgIpc) is 3.16. The number of hydrogen-bond donors (Lipinski definition) is 2. The first-order valence-corrected chi connectivity index (χ1v) is 8.96. The Morgan fingerprint density at radius 3 is 2.96 bits per heavy atom. The molecule has 134 valence electrons. The first kappa shape index (κ1) is 16.6. The number of carboxylic acid groups (broad SMARTS) is 1. The molecule has 9 nitrogen and oxygen atoms in total. The molecule has 4 rings (SSSR count). The summed E-state index contributed by atoms with van der Waals surface area (Å²) in [6, 6.07) is 0.316. The number of anilines is 1. The Morgan fingerprint density at radius 1 is 1.42 bits per heavy atom. The van der Waals surface area contributed by atoms with Gasteiger partial charge in [0.05, 0.1) is 6.20 Å². The zero-order chi connectivity index (χ0) is 18.3. The summed E-state index contributed by atoms with van der Waals surface area (Å²) in [4.78, 5) is 39.1. The highest BCUT2D eigenvalue weighted by Gasteiger charge is 2.21. The maximum atomic E-state index is 12.5. The third kappa shape index (κ3) is 2.82. The van der Waals surface area contributed by atoms with Crippen LogP contribution in [0.4, 0.5) is 5.82 Å². The fourth-order valence-corrected chi connectivity index (χ4v) is 3.62. The normalized spacial score (nSPS) is 17.6. The van der Waals surface area contributed by atoms with Crippen LogP contribution in [-0.4, -0.2) is 56.3 Å². The maximum Gasteiger partial charge on any atom is 0.341 e. The van der Waals surface area contributed by atoms with Crippen LogP contribution in [0.2, 0.25) is 0 Å². The molecule has 1 saturated heterocycles. The van der Waals surface area contributed by atoms with Gasteiger partial charge in [0.1, 0.15) is 11.4 Å². The molecule has 0 bridgehead atoms. The fraction of sp³-hybridized carbons (Fsp3) is 0.312. The molecule has 2 N–H and O–H groups in total. The van der Waals surface area contributed by atoms with Crippen molar-refractivity contribution >= 4 is 34.3 Å². The molecule has 1 aliphatic rings. The van der Waals surface area contributed by atoms with Gasteiger partial charge < -0.3 is 15.3 Å². The van der Waals surface area contributed by atoms with E-state index in [-0.39, 0.29) is 11.1 Å². The van der Waals surface area contributed by atoms with E-state index >= 15 is 0 Å². The molecule has 1 fully saturated rings. The van der Waals surface area contributed by atoms with Gasteiger partial charge in [-0.05, 0) is 6.92 Å². The second-order valence-corrected chi connectivity index (χ2v) is 6.94. The minimum absolute atomic E-state index is 0.0204. The number of piperazine rings is 1. The lowest BCUT2D eigenvalue weighted by Gasteiger charge is -2.32. The van der Waals surface area contributed by atoms with Crippen molar-refractivity contribution in [2.75, 3.05) is 24.5 Å². The lowest BCUT2D eigenvalue weighted by molar-refractivity contribution is 0.0695. The van der Waals surface area contributed by atoms with Gasteiger partial charge >= 0.3 is 5.97 Å². The van der Waals surface area contributed by atoms with Crippen LogP contribution < -0.4 is 15.6 Å². The highest BCUT2D eigenvalue weighted by Crippen LogP contribution is 2.20. The second kappa shape index (κ2) is 6.46. The van der Waals surface area contributed by atoms with Gasteiger partial charge in [0.2, 0.25) is 5.43 Å². The van der Waals surface area contributed by atoms with Crippen molar-refractivity contribution in [1.29, 1.82) is 0 Å². The van der Waals surface area contributed by atoms with E-state index in [1.54, 1.807) is 11.6 Å². The predicted octanol–water partition coefficient (Wildman–Crippen LogP) is 0.734. The number of carboxylic acids is 1. The van der Waals surface area contributed by atoms with E-state index in [0.717, 1.165) is 19.6 Å². The molecule has 3 aromatic rings. The topological polar surface area (TPSA) is 113 Å². The summed E-state index contributed by atoms with van der Waals surface area (Å²) in [5.74, 6) is -0.650. The van der Waals surface area contributed by atoms with Crippen LogP contribution in [0.1, 0.15) is 17.3 Å². The van der Waals surface area contributed by atoms with Crippen LogP contribution in [0, 0.1) is 0 Å². The lowest BCUT2D eigenvalue weighted by Crippen LogP contribution is -2.49. The molecule has 1 atom stereocenters. The maximum absolute atomic E-state index is 12.5. The van der Waals surface area contributed by atoms with Crippen molar-refractivity contribution in [2.45, 2.75) is 13.0 Å². The first-order valence-electron chi connectivity index (χ1n) is 8.08. The number of nitrogens with one attached hydrogen (secondary N) is 1. The molecule has 0 spiro atoms. The minimum Gasteiger partial charge on any atom is -0.477 e. The van der Waals surface area contributed by atoms with E-state index in [1.807, 2.05) is 0 Å². The molecule has 3 aromatic heterocycles. The quantitative estimate of drug-likeness (QED) is 0.692. The smallest absolute Gasteiger partial charge is 0.341 e. The van der Waals surface area contributed by atoms with Crippen molar-refractivity contribution in [3.63, 3.8) is 0 Å². The Bertz CT molecular complexity index is 1030. The minimum atomic E-state index is -1.30. The average molecular weight is 372 g/mol. The Kier molecular flexibility index (Phi) is 4.13. The van der Waals surface area contributed by atoms with Gasteiger partial charge in [-0.25, -0.2) is 19.7 Å². The molecule has 0 aromatic carbocycles. The molecule has 0 saturated carbocycles. The summed E-state index contributed by atoms with van der Waals surface area (Å²) in [5.41, 5.74) is -0.677. The van der Waals surface area contributed by atoms with Gasteiger partial charge in [-0.1, -0.05) is 0 Å². The van der Waals surface area contributed by atoms with Crippen molar-refractivity contribution in [3.05, 3.63) is 39.8 Å². The van der Waals surface area contributed by atoms with Crippen molar-refractivity contribution in [1.82, 2.24) is 24.8 Å². The van der Waals surface area contributed by atoms with Gasteiger partial charge in [0.15, 0.2) is 16.3 Å². The van der Waals surface area contributed by atoms with Crippen LogP contribution in [0.15, 0.2) is 28.8 Å². The van der Waals surface area contributed by atoms with Gasteiger partial charge in [-0.15, -0.1) is 11.3 Å². The Balaban J connectivity index is 1.94. The Hall–Kier alpha value is -2.85. The third-order valence-corrected chi connectivity index (χ3v) is 5.01. The zero-order valence-electron chi connectivity index (χ0n) is 13.9. The monoisotopic (exact) mass is 372 g/mol. The molecule has 4 heterocycles. The second-order valence-electron chi connectivity index (χ2n) is 6.06. The highest BCUT2D eigenvalue weighted by atomic mass is 32.1. The molecule has 1 unspecified atom stereocenters. The Morgan fingerprint density at radius 2 is 2.27 bits per heavy atom. The summed E-state index contributed by atoms with van der Waals surface area (Å²) >= 11 is 1.32. The van der Waals surface area contributed by atoms with Crippen molar-refractivity contribution in [3.8, 4) is 5.13 Å². The molecule has 0 aliphatic carbocycles. The third-order valence-electron chi connectivity index (χ3n) is 4.24. The fourth-order valence-electron chi connectivity index (χ4n) is 3.00. The van der Waals surface area contributed by atoms with E-state index in [1.165, 1.54) is 28.3 Å². The zero-order valence-corrected chi connectivity index (χ0v) is 14.7. The van der Waals surface area contributed by atoms with Crippen molar-refractivity contribution in [2.24, 2.45) is 0 Å². The van der Waals surface area contributed by atoms with Crippen LogP contribution in [0.5, 0.6) is 0 Å². The number of pyridine rings is 1. The van der Waals surface area contributed by atoms with Crippen LogP contribution >= 0.6 is 11.3 Å². The van der Waals surface area contributed by atoms with E-state index < -0.39 is 11.4 Å². The molecular formula is C16H16N6O3S. The number of carbonyl (C=O) groups is 1. The Labute approximate surface area is 152 Å². The van der Waals surface area contributed by atoms with Crippen LogP contribution in [0.25, 0.3) is 16.3 Å². The number of aromatic carboxylic acids is 1. The number of hydrogen-bond acceptors (Lipinski definition) is 8. The largest absolute Gasteiger partial charge is 0.477 e. The van der Waals surface area contributed by atoms with E-state index in [4.69, 9.17) is 0 Å². The van der Waals surface area contributed by atoms with E-state index in [9.17, 15) is 14.7 Å². The predicted molar refractivity (Wildman–Crippen MR) is 97.4 cm³/mol. The summed E-state index contributed by atoms with van der Waals surface area (Å²) in [5, 5.41) is 15.0. The number of rotatable bonds is 3. The van der Waals surface area contributed by atoms with Gasteiger partial charge in [-0.3, -0.25) is 9.36 Å². The molecule has 1 aliphatic heterocycles. The molecule has 0 radical (unpaired) electrons. The molecule has 26 heavy (non-hydrogen) atoms. The summed E-state index contributed by atoms with van der Waals surface area (Å²) in [6.07, 6.45) is 4.41. The van der Waals surface area contributed by atoms with Gasteiger partial charge in [0.25, 0.3) is 0 Å².